The molecule has 1 unspecified atom stereocenters. The SMILES string of the molecule is CC(C)(C)[Si](C)(C)NCC(=O)N1CCCC1C(=O)O[Si](C)(C)C(C)(C)C. The average Bonchev–Trinajstić information content (AvgIpc) is 2.91. The lowest BCUT2D eigenvalue weighted by Crippen LogP contribution is -2.56. The maximum atomic E-state index is 12.8. The van der Waals surface area contributed by atoms with Gasteiger partial charge in [0.1, 0.15) is 14.3 Å². The Labute approximate surface area is 162 Å². The van der Waals surface area contributed by atoms with Crippen LogP contribution in [-0.2, 0) is 14.0 Å². The molecule has 0 aromatic carbocycles. The number of carbonyl (C=O) groups is 2. The minimum Gasteiger partial charge on any atom is -0.518 e. The van der Waals surface area contributed by atoms with Crippen LogP contribution in [0.5, 0.6) is 0 Å². The minimum atomic E-state index is -2.17. The van der Waals surface area contributed by atoms with E-state index in [-0.39, 0.29) is 22.0 Å². The molecule has 1 N–H and O–H groups in total. The summed E-state index contributed by atoms with van der Waals surface area (Å²) in [6.07, 6.45) is 1.57. The highest BCUT2D eigenvalue weighted by Crippen LogP contribution is 2.37. The zero-order valence-corrected chi connectivity index (χ0v) is 20.6. The summed E-state index contributed by atoms with van der Waals surface area (Å²) in [5.74, 6) is -0.195. The first-order valence-corrected chi connectivity index (χ1v) is 15.7. The van der Waals surface area contributed by atoms with Crippen molar-refractivity contribution in [1.82, 2.24) is 9.88 Å². The molecule has 1 rings (SSSR count). The van der Waals surface area contributed by atoms with Crippen LogP contribution in [0.2, 0.25) is 36.3 Å². The van der Waals surface area contributed by atoms with Crippen LogP contribution in [0.15, 0.2) is 0 Å². The van der Waals surface area contributed by atoms with Gasteiger partial charge in [-0.1, -0.05) is 54.6 Å². The third-order valence-electron chi connectivity index (χ3n) is 6.56. The molecule has 0 aromatic heterocycles. The van der Waals surface area contributed by atoms with Crippen molar-refractivity contribution in [3.63, 3.8) is 0 Å². The minimum absolute atomic E-state index is 0.0181. The molecule has 1 saturated heterocycles. The van der Waals surface area contributed by atoms with Gasteiger partial charge in [-0.05, 0) is 36.0 Å². The van der Waals surface area contributed by atoms with Crippen molar-refractivity contribution in [1.29, 1.82) is 0 Å². The van der Waals surface area contributed by atoms with Crippen molar-refractivity contribution in [2.24, 2.45) is 0 Å². The van der Waals surface area contributed by atoms with Gasteiger partial charge < -0.3 is 14.3 Å². The third-order valence-corrected chi connectivity index (χ3v) is 15.7. The summed E-state index contributed by atoms with van der Waals surface area (Å²) >= 11 is 0. The van der Waals surface area contributed by atoms with Gasteiger partial charge >= 0.3 is 5.97 Å². The lowest BCUT2D eigenvalue weighted by atomic mass is 10.2. The van der Waals surface area contributed by atoms with Crippen LogP contribution >= 0.6 is 0 Å². The fourth-order valence-electron chi connectivity index (χ4n) is 2.45. The van der Waals surface area contributed by atoms with Gasteiger partial charge in [0.2, 0.25) is 5.91 Å². The number of rotatable bonds is 5. The molecule has 1 amide bonds. The van der Waals surface area contributed by atoms with E-state index in [2.05, 4.69) is 72.7 Å². The third kappa shape index (κ3) is 5.42. The highest BCUT2D eigenvalue weighted by Gasteiger charge is 2.44. The summed E-state index contributed by atoms with van der Waals surface area (Å²) in [5.41, 5.74) is 0. The van der Waals surface area contributed by atoms with Crippen molar-refractivity contribution in [2.75, 3.05) is 13.1 Å². The number of nitrogens with zero attached hydrogens (tertiary/aromatic N) is 1. The summed E-state index contributed by atoms with van der Waals surface area (Å²) in [7, 11) is -3.91. The van der Waals surface area contributed by atoms with Crippen LogP contribution in [0, 0.1) is 0 Å². The van der Waals surface area contributed by atoms with Crippen LogP contribution in [0.3, 0.4) is 0 Å². The highest BCUT2D eigenvalue weighted by molar-refractivity contribution is 6.78. The summed E-state index contributed by atoms with van der Waals surface area (Å²) in [6.45, 7) is 22.6. The Hall–Kier alpha value is -0.666. The Bertz CT molecular complexity index is 534. The predicted molar refractivity (Wildman–Crippen MR) is 113 cm³/mol. The lowest BCUT2D eigenvalue weighted by molar-refractivity contribution is -0.146. The number of likely N-dealkylation sites (tertiary alicyclic amines) is 1. The second-order valence-corrected chi connectivity index (χ2v) is 20.5. The molecule has 0 saturated carbocycles. The van der Waals surface area contributed by atoms with Crippen LogP contribution < -0.4 is 4.98 Å². The second kappa shape index (κ2) is 7.75. The molecular formula is C19H40N2O3Si2. The monoisotopic (exact) mass is 400 g/mol. The van der Waals surface area contributed by atoms with E-state index in [1.807, 2.05) is 0 Å². The van der Waals surface area contributed by atoms with Gasteiger partial charge in [0.25, 0.3) is 8.32 Å². The Morgan fingerprint density at radius 2 is 1.58 bits per heavy atom. The molecule has 1 aliphatic heterocycles. The quantitative estimate of drug-likeness (QED) is 0.705. The standard InChI is InChI=1S/C19H40N2O3Si2/c1-18(2,3)25(7,8)20-14-16(22)21-13-11-12-15(21)17(23)24-26(9,10)19(4,5)6/h15,20H,11-14H2,1-10H3. The molecule has 1 fully saturated rings. The maximum absolute atomic E-state index is 12.8. The number of carbonyl (C=O) groups excluding carboxylic acids is 2. The van der Waals surface area contributed by atoms with Crippen molar-refractivity contribution in [3.05, 3.63) is 0 Å². The molecule has 0 aliphatic carbocycles. The summed E-state index contributed by atoms with van der Waals surface area (Å²) in [4.78, 5) is 30.8. The molecule has 152 valence electrons. The van der Waals surface area contributed by atoms with E-state index in [0.29, 0.717) is 19.5 Å². The fourth-order valence-corrected chi connectivity index (χ4v) is 4.51. The van der Waals surface area contributed by atoms with Crippen molar-refractivity contribution >= 4 is 28.4 Å². The fraction of sp³-hybridized carbons (Fsp3) is 0.895. The second-order valence-electron chi connectivity index (χ2n) is 10.7. The van der Waals surface area contributed by atoms with E-state index < -0.39 is 22.6 Å². The molecule has 5 nitrogen and oxygen atoms in total. The molecule has 1 heterocycles. The van der Waals surface area contributed by atoms with Gasteiger partial charge in [-0.15, -0.1) is 0 Å². The van der Waals surface area contributed by atoms with Crippen LogP contribution in [0.4, 0.5) is 0 Å². The Morgan fingerprint density at radius 3 is 2.04 bits per heavy atom. The maximum Gasteiger partial charge on any atom is 0.315 e. The van der Waals surface area contributed by atoms with E-state index >= 15 is 0 Å². The van der Waals surface area contributed by atoms with E-state index in [4.69, 9.17) is 4.43 Å². The first-order chi connectivity index (χ1) is 11.5. The average molecular weight is 401 g/mol. The zero-order chi connectivity index (χ0) is 20.6. The van der Waals surface area contributed by atoms with E-state index in [0.717, 1.165) is 6.42 Å². The number of nitrogens with one attached hydrogen (secondary N) is 1. The lowest BCUT2D eigenvalue weighted by Gasteiger charge is -2.38. The van der Waals surface area contributed by atoms with Gasteiger partial charge in [0.05, 0.1) is 6.54 Å². The molecule has 7 heteroatoms. The molecule has 0 aromatic rings. The van der Waals surface area contributed by atoms with Crippen molar-refractivity contribution < 1.29 is 14.0 Å². The van der Waals surface area contributed by atoms with Crippen LogP contribution in [0.1, 0.15) is 54.4 Å². The predicted octanol–water partition coefficient (Wildman–Crippen LogP) is 4.12. The highest BCUT2D eigenvalue weighted by atomic mass is 28.4. The zero-order valence-electron chi connectivity index (χ0n) is 18.6. The van der Waals surface area contributed by atoms with Gasteiger partial charge in [-0.25, -0.2) is 0 Å². The molecule has 0 spiro atoms. The number of hydrogen-bond donors (Lipinski definition) is 1. The molecule has 1 aliphatic rings. The van der Waals surface area contributed by atoms with Gasteiger partial charge in [0, 0.05) is 6.54 Å². The van der Waals surface area contributed by atoms with Crippen molar-refractivity contribution in [3.8, 4) is 0 Å². The molecule has 26 heavy (non-hydrogen) atoms. The first-order valence-electron chi connectivity index (χ1n) is 9.77. The normalized spacial score (nSPS) is 19.6. The summed E-state index contributed by atoms with van der Waals surface area (Å²) in [6, 6.07) is -0.419. The topological polar surface area (TPSA) is 58.6 Å². The van der Waals surface area contributed by atoms with Gasteiger partial charge in [-0.2, -0.15) is 0 Å². The van der Waals surface area contributed by atoms with Crippen LogP contribution in [0.25, 0.3) is 0 Å². The van der Waals surface area contributed by atoms with E-state index in [9.17, 15) is 9.59 Å². The van der Waals surface area contributed by atoms with Gasteiger partial charge in [0.15, 0.2) is 0 Å². The van der Waals surface area contributed by atoms with Gasteiger partial charge in [-0.3, -0.25) is 9.59 Å². The number of hydrogen-bond acceptors (Lipinski definition) is 4. The Kier molecular flexibility index (Phi) is 6.97. The first kappa shape index (κ1) is 23.4. The number of amides is 1. The summed E-state index contributed by atoms with van der Waals surface area (Å²) in [5, 5.41) is 0.138. The van der Waals surface area contributed by atoms with E-state index in [1.54, 1.807) is 4.90 Å². The molecular weight excluding hydrogens is 360 g/mol. The molecule has 0 bridgehead atoms. The Balaban J connectivity index is 2.76. The molecule has 0 radical (unpaired) electrons. The Morgan fingerprint density at radius 1 is 1.04 bits per heavy atom. The largest absolute Gasteiger partial charge is 0.518 e. The van der Waals surface area contributed by atoms with Crippen LogP contribution in [-0.4, -0.2) is 52.5 Å². The smallest absolute Gasteiger partial charge is 0.315 e. The molecule has 1 atom stereocenters. The van der Waals surface area contributed by atoms with E-state index in [1.165, 1.54) is 0 Å². The van der Waals surface area contributed by atoms with Crippen molar-refractivity contribution in [2.45, 2.75) is 96.7 Å². The summed E-state index contributed by atoms with van der Waals surface area (Å²) < 4.78 is 5.96.